The molecular weight excluding hydrogens is 418 g/mol. The summed E-state index contributed by atoms with van der Waals surface area (Å²) in [6, 6.07) is 7.38. The number of hydrogen-bond donors (Lipinski definition) is 0. The second-order valence-electron chi connectivity index (χ2n) is 11.5. The zero-order chi connectivity index (χ0) is 23.5. The SMILES string of the molecule is CCC1(CC)CC=C(c2cc(N3CCC(OC)CC3)ccc2N2CCN(CC3CC3)CC2)CC1. The van der Waals surface area contributed by atoms with Crippen LogP contribution in [0, 0.1) is 11.3 Å². The second-order valence-corrected chi connectivity index (χ2v) is 11.5. The third-order valence-corrected chi connectivity index (χ3v) is 9.60. The maximum Gasteiger partial charge on any atom is 0.0605 e. The lowest BCUT2D eigenvalue weighted by atomic mass is 9.70. The fraction of sp³-hybridized carbons (Fsp3) is 0.733. The zero-order valence-corrected chi connectivity index (χ0v) is 22.0. The van der Waals surface area contributed by atoms with Gasteiger partial charge in [0.05, 0.1) is 6.10 Å². The molecule has 2 saturated heterocycles. The van der Waals surface area contributed by atoms with Gasteiger partial charge in [0, 0.05) is 69.9 Å². The van der Waals surface area contributed by atoms with Crippen molar-refractivity contribution in [2.75, 3.05) is 62.7 Å². The van der Waals surface area contributed by atoms with Gasteiger partial charge in [-0.3, -0.25) is 4.90 Å². The van der Waals surface area contributed by atoms with E-state index in [0.29, 0.717) is 11.5 Å². The molecule has 0 aromatic heterocycles. The first-order chi connectivity index (χ1) is 16.6. The lowest BCUT2D eigenvalue weighted by Gasteiger charge is -2.39. The Bertz CT molecular complexity index is 841. The lowest BCUT2D eigenvalue weighted by Crippen LogP contribution is -2.47. The summed E-state index contributed by atoms with van der Waals surface area (Å²) in [6.45, 7) is 13.1. The summed E-state index contributed by atoms with van der Waals surface area (Å²) in [5.74, 6) is 0.994. The highest BCUT2D eigenvalue weighted by Gasteiger charge is 2.31. The standard InChI is InChI=1S/C30H47N3O/c1-4-30(5-2)14-10-25(11-15-30)28-22-26(32-16-12-27(34-3)13-17-32)8-9-29(28)33-20-18-31(19-21-33)23-24-6-7-24/h8-10,22,24,27H,4-7,11-21,23H2,1-3H3. The van der Waals surface area contributed by atoms with Crippen LogP contribution in [0.5, 0.6) is 0 Å². The molecule has 0 N–H and O–H groups in total. The van der Waals surface area contributed by atoms with Gasteiger partial charge in [-0.15, -0.1) is 0 Å². The molecule has 4 nitrogen and oxygen atoms in total. The molecule has 2 heterocycles. The monoisotopic (exact) mass is 465 g/mol. The van der Waals surface area contributed by atoms with E-state index in [9.17, 15) is 0 Å². The first kappa shape index (κ1) is 24.2. The van der Waals surface area contributed by atoms with Crippen LogP contribution in [0.25, 0.3) is 5.57 Å². The molecule has 188 valence electrons. The van der Waals surface area contributed by atoms with E-state index in [0.717, 1.165) is 31.8 Å². The molecule has 2 aliphatic carbocycles. The van der Waals surface area contributed by atoms with Crippen LogP contribution in [0.15, 0.2) is 24.3 Å². The molecule has 4 heteroatoms. The Morgan fingerprint density at radius 3 is 2.24 bits per heavy atom. The van der Waals surface area contributed by atoms with E-state index in [1.165, 1.54) is 94.6 Å². The number of piperidine rings is 1. The van der Waals surface area contributed by atoms with Crippen molar-refractivity contribution in [3.05, 3.63) is 29.8 Å². The minimum absolute atomic E-state index is 0.430. The molecule has 0 spiro atoms. The van der Waals surface area contributed by atoms with Crippen LogP contribution >= 0.6 is 0 Å². The number of ether oxygens (including phenoxy) is 1. The van der Waals surface area contributed by atoms with Crippen molar-refractivity contribution in [2.45, 2.75) is 77.7 Å². The van der Waals surface area contributed by atoms with Gasteiger partial charge < -0.3 is 14.5 Å². The van der Waals surface area contributed by atoms with Crippen LogP contribution in [0.2, 0.25) is 0 Å². The molecule has 2 aliphatic heterocycles. The maximum absolute atomic E-state index is 5.62. The maximum atomic E-state index is 5.62. The van der Waals surface area contributed by atoms with Crippen molar-refractivity contribution in [3.8, 4) is 0 Å². The van der Waals surface area contributed by atoms with Crippen LogP contribution in [-0.2, 0) is 4.74 Å². The fourth-order valence-corrected chi connectivity index (χ4v) is 6.52. The van der Waals surface area contributed by atoms with E-state index >= 15 is 0 Å². The molecule has 0 amide bonds. The summed E-state index contributed by atoms with van der Waals surface area (Å²) in [6.07, 6.45) is 14.6. The third kappa shape index (κ3) is 5.33. The Balaban J connectivity index is 1.37. The highest BCUT2D eigenvalue weighted by Crippen LogP contribution is 2.46. The molecule has 0 radical (unpaired) electrons. The van der Waals surface area contributed by atoms with Crippen LogP contribution in [0.1, 0.15) is 77.2 Å². The number of methoxy groups -OCH3 is 1. The Morgan fingerprint density at radius 1 is 0.912 bits per heavy atom. The zero-order valence-electron chi connectivity index (χ0n) is 22.0. The van der Waals surface area contributed by atoms with E-state index in [4.69, 9.17) is 4.74 Å². The number of allylic oxidation sites excluding steroid dienone is 2. The second kappa shape index (κ2) is 10.6. The average Bonchev–Trinajstić information content (AvgIpc) is 3.73. The summed E-state index contributed by atoms with van der Waals surface area (Å²) in [4.78, 5) is 7.98. The number of anilines is 2. The quantitative estimate of drug-likeness (QED) is 0.454. The Kier molecular flexibility index (Phi) is 7.55. The van der Waals surface area contributed by atoms with Gasteiger partial charge in [0.2, 0.25) is 0 Å². The van der Waals surface area contributed by atoms with Crippen LogP contribution in [0.3, 0.4) is 0 Å². The average molecular weight is 466 g/mol. The molecule has 1 aromatic rings. The van der Waals surface area contributed by atoms with Crippen molar-refractivity contribution < 1.29 is 4.74 Å². The predicted molar refractivity (Wildman–Crippen MR) is 145 cm³/mol. The molecule has 34 heavy (non-hydrogen) atoms. The van der Waals surface area contributed by atoms with Crippen molar-refractivity contribution >= 4 is 16.9 Å². The molecular formula is C30H47N3O. The minimum Gasteiger partial charge on any atom is -0.381 e. The highest BCUT2D eigenvalue weighted by atomic mass is 16.5. The lowest BCUT2D eigenvalue weighted by molar-refractivity contribution is 0.0819. The minimum atomic E-state index is 0.430. The molecule has 1 saturated carbocycles. The molecule has 3 fully saturated rings. The van der Waals surface area contributed by atoms with Gasteiger partial charge in [-0.2, -0.15) is 0 Å². The van der Waals surface area contributed by atoms with Gasteiger partial charge in [-0.1, -0.05) is 32.8 Å². The summed E-state index contributed by atoms with van der Waals surface area (Å²) in [5, 5.41) is 0. The van der Waals surface area contributed by atoms with E-state index < -0.39 is 0 Å². The largest absolute Gasteiger partial charge is 0.381 e. The molecule has 4 aliphatic rings. The Morgan fingerprint density at radius 2 is 1.65 bits per heavy atom. The van der Waals surface area contributed by atoms with Gasteiger partial charge in [0.15, 0.2) is 0 Å². The van der Waals surface area contributed by atoms with Crippen LogP contribution in [-0.4, -0.2) is 63.9 Å². The Labute approximate surface area is 208 Å². The number of hydrogen-bond acceptors (Lipinski definition) is 4. The van der Waals surface area contributed by atoms with Crippen molar-refractivity contribution in [3.63, 3.8) is 0 Å². The summed E-state index contributed by atoms with van der Waals surface area (Å²) in [5.41, 5.74) is 6.53. The summed E-state index contributed by atoms with van der Waals surface area (Å²) < 4.78 is 5.62. The molecule has 0 atom stereocenters. The molecule has 0 unspecified atom stereocenters. The Hall–Kier alpha value is -1.52. The highest BCUT2D eigenvalue weighted by molar-refractivity contribution is 5.80. The van der Waals surface area contributed by atoms with Crippen LogP contribution < -0.4 is 9.80 Å². The van der Waals surface area contributed by atoms with Gasteiger partial charge >= 0.3 is 0 Å². The first-order valence-electron chi connectivity index (χ1n) is 14.2. The van der Waals surface area contributed by atoms with Crippen molar-refractivity contribution in [1.29, 1.82) is 0 Å². The van der Waals surface area contributed by atoms with Gasteiger partial charge in [0.1, 0.15) is 0 Å². The van der Waals surface area contributed by atoms with E-state index in [1.807, 2.05) is 7.11 Å². The first-order valence-corrected chi connectivity index (χ1v) is 14.2. The molecule has 0 bridgehead atoms. The van der Waals surface area contributed by atoms with Crippen molar-refractivity contribution in [1.82, 2.24) is 4.90 Å². The van der Waals surface area contributed by atoms with E-state index in [-0.39, 0.29) is 0 Å². The fourth-order valence-electron chi connectivity index (χ4n) is 6.52. The van der Waals surface area contributed by atoms with E-state index in [2.05, 4.69) is 52.8 Å². The van der Waals surface area contributed by atoms with E-state index in [1.54, 1.807) is 5.57 Å². The van der Waals surface area contributed by atoms with Gasteiger partial charge in [0.25, 0.3) is 0 Å². The third-order valence-electron chi connectivity index (χ3n) is 9.60. The van der Waals surface area contributed by atoms with Gasteiger partial charge in [-0.25, -0.2) is 0 Å². The predicted octanol–water partition coefficient (Wildman–Crippen LogP) is 6.21. The number of benzene rings is 1. The summed E-state index contributed by atoms with van der Waals surface area (Å²) in [7, 11) is 1.86. The molecule has 1 aromatic carbocycles. The van der Waals surface area contributed by atoms with Crippen LogP contribution in [0.4, 0.5) is 11.4 Å². The smallest absolute Gasteiger partial charge is 0.0605 e. The van der Waals surface area contributed by atoms with Crippen molar-refractivity contribution in [2.24, 2.45) is 11.3 Å². The van der Waals surface area contributed by atoms with Gasteiger partial charge in [-0.05, 0) is 80.1 Å². The molecule has 5 rings (SSSR count). The number of piperazine rings is 1. The topological polar surface area (TPSA) is 19.0 Å². The number of nitrogens with zero attached hydrogens (tertiary/aromatic N) is 3. The summed E-state index contributed by atoms with van der Waals surface area (Å²) >= 11 is 0. The normalized spacial score (nSPS) is 24.4. The number of rotatable bonds is 8.